The zero-order chi connectivity index (χ0) is 10.6. The molecule has 0 atom stereocenters. The van der Waals surface area contributed by atoms with Crippen molar-refractivity contribution >= 4 is 11.9 Å². The Hall–Kier alpha value is -1.31. The molecule has 0 aliphatic carbocycles. The summed E-state index contributed by atoms with van der Waals surface area (Å²) < 4.78 is 0. The fraction of sp³-hybridized carbons (Fsp3) is 0.417. The van der Waals surface area contributed by atoms with E-state index in [-0.39, 0.29) is 0 Å². The molecule has 0 amide bonds. The first-order valence-corrected chi connectivity index (χ1v) is 4.90. The molecule has 0 unspecified atom stereocenters. The predicted octanol–water partition coefficient (Wildman–Crippen LogP) is 2.58. The Morgan fingerprint density at radius 1 is 1.14 bits per heavy atom. The van der Waals surface area contributed by atoms with E-state index in [1.807, 2.05) is 20.3 Å². The monoisotopic (exact) mass is 190 g/mol. The van der Waals surface area contributed by atoms with Gasteiger partial charge in [0, 0.05) is 32.0 Å². The maximum Gasteiger partial charge on any atom is 0.0443 e. The molecule has 0 aliphatic rings. The number of anilines is 1. The van der Waals surface area contributed by atoms with Crippen LogP contribution in [0.1, 0.15) is 19.4 Å². The Morgan fingerprint density at radius 2 is 1.71 bits per heavy atom. The van der Waals surface area contributed by atoms with Crippen molar-refractivity contribution in [2.24, 2.45) is 4.99 Å². The van der Waals surface area contributed by atoms with Crippen molar-refractivity contribution in [2.45, 2.75) is 19.9 Å². The molecule has 1 rings (SSSR count). The molecule has 0 fully saturated rings. The Morgan fingerprint density at radius 3 is 2.14 bits per heavy atom. The molecule has 2 nitrogen and oxygen atoms in total. The molecule has 0 radical (unpaired) electrons. The third-order valence-electron chi connectivity index (χ3n) is 1.93. The van der Waals surface area contributed by atoms with Crippen LogP contribution in [0.25, 0.3) is 0 Å². The standard InChI is InChI=1S/C12H18N2/c1-10(2)13-9-11-5-7-12(8-6-11)14(3)4/h5-10H,1-4H3. The highest BCUT2D eigenvalue weighted by atomic mass is 15.1. The van der Waals surface area contributed by atoms with Gasteiger partial charge in [0.2, 0.25) is 0 Å². The number of nitrogens with zero attached hydrogens (tertiary/aromatic N) is 2. The molecule has 0 aromatic heterocycles. The molecular weight excluding hydrogens is 172 g/mol. The van der Waals surface area contributed by atoms with E-state index in [0.29, 0.717) is 6.04 Å². The Balaban J connectivity index is 2.73. The zero-order valence-corrected chi connectivity index (χ0v) is 9.36. The molecule has 1 aromatic carbocycles. The molecule has 0 spiro atoms. The molecule has 0 N–H and O–H groups in total. The summed E-state index contributed by atoms with van der Waals surface area (Å²) in [5, 5.41) is 0. The van der Waals surface area contributed by atoms with E-state index in [9.17, 15) is 0 Å². The first-order valence-electron chi connectivity index (χ1n) is 4.90. The van der Waals surface area contributed by atoms with Crippen LogP contribution in [0.15, 0.2) is 29.3 Å². The lowest BCUT2D eigenvalue weighted by Crippen LogP contribution is -2.08. The van der Waals surface area contributed by atoms with Gasteiger partial charge in [-0.3, -0.25) is 4.99 Å². The average molecular weight is 190 g/mol. The highest BCUT2D eigenvalue weighted by molar-refractivity contribution is 5.80. The lowest BCUT2D eigenvalue weighted by molar-refractivity contribution is 0.841. The Bertz CT molecular complexity index is 297. The minimum absolute atomic E-state index is 0.364. The Labute approximate surface area is 86.3 Å². The zero-order valence-electron chi connectivity index (χ0n) is 9.36. The normalized spacial score (nSPS) is 11.2. The molecule has 14 heavy (non-hydrogen) atoms. The highest BCUT2D eigenvalue weighted by Gasteiger charge is 1.93. The van der Waals surface area contributed by atoms with E-state index in [2.05, 4.69) is 48.0 Å². The second-order valence-corrected chi connectivity index (χ2v) is 3.86. The molecule has 0 aliphatic heterocycles. The van der Waals surface area contributed by atoms with Gasteiger partial charge >= 0.3 is 0 Å². The van der Waals surface area contributed by atoms with Crippen LogP contribution in [0.4, 0.5) is 5.69 Å². The smallest absolute Gasteiger partial charge is 0.0443 e. The van der Waals surface area contributed by atoms with E-state index >= 15 is 0 Å². The summed E-state index contributed by atoms with van der Waals surface area (Å²) in [6, 6.07) is 8.73. The molecule has 0 saturated carbocycles. The van der Waals surface area contributed by atoms with Gasteiger partial charge in [0.05, 0.1) is 0 Å². The maximum atomic E-state index is 4.33. The minimum Gasteiger partial charge on any atom is -0.378 e. The molecule has 2 heteroatoms. The van der Waals surface area contributed by atoms with Gasteiger partial charge in [0.1, 0.15) is 0 Å². The molecular formula is C12H18N2. The maximum absolute atomic E-state index is 4.33. The van der Waals surface area contributed by atoms with Gasteiger partial charge in [0.25, 0.3) is 0 Å². The second kappa shape index (κ2) is 4.80. The van der Waals surface area contributed by atoms with Crippen LogP contribution in [-0.2, 0) is 0 Å². The predicted molar refractivity (Wildman–Crippen MR) is 63.5 cm³/mol. The van der Waals surface area contributed by atoms with Crippen LogP contribution >= 0.6 is 0 Å². The van der Waals surface area contributed by atoms with Crippen molar-refractivity contribution in [3.63, 3.8) is 0 Å². The summed E-state index contributed by atoms with van der Waals surface area (Å²) in [5.74, 6) is 0. The summed E-state index contributed by atoms with van der Waals surface area (Å²) in [6.07, 6.45) is 1.92. The summed E-state index contributed by atoms with van der Waals surface area (Å²) in [5.41, 5.74) is 2.37. The van der Waals surface area contributed by atoms with Gasteiger partial charge in [-0.2, -0.15) is 0 Å². The van der Waals surface area contributed by atoms with E-state index in [1.54, 1.807) is 0 Å². The highest BCUT2D eigenvalue weighted by Crippen LogP contribution is 2.10. The number of hydrogen-bond donors (Lipinski definition) is 0. The van der Waals surface area contributed by atoms with Crippen molar-refractivity contribution in [3.05, 3.63) is 29.8 Å². The van der Waals surface area contributed by atoms with E-state index in [0.717, 1.165) is 5.56 Å². The molecule has 0 heterocycles. The van der Waals surface area contributed by atoms with E-state index < -0.39 is 0 Å². The lowest BCUT2D eigenvalue weighted by atomic mass is 10.2. The first-order chi connectivity index (χ1) is 6.59. The van der Waals surface area contributed by atoms with Gasteiger partial charge in [-0.05, 0) is 31.5 Å². The molecule has 0 saturated heterocycles. The summed E-state index contributed by atoms with van der Waals surface area (Å²) in [4.78, 5) is 6.42. The average Bonchev–Trinajstić information content (AvgIpc) is 2.15. The lowest BCUT2D eigenvalue weighted by Gasteiger charge is -2.11. The van der Waals surface area contributed by atoms with Crippen LogP contribution < -0.4 is 4.90 Å². The summed E-state index contributed by atoms with van der Waals surface area (Å²) >= 11 is 0. The minimum atomic E-state index is 0.364. The van der Waals surface area contributed by atoms with Gasteiger partial charge < -0.3 is 4.90 Å². The van der Waals surface area contributed by atoms with E-state index in [4.69, 9.17) is 0 Å². The van der Waals surface area contributed by atoms with Crippen LogP contribution in [-0.4, -0.2) is 26.4 Å². The quantitative estimate of drug-likeness (QED) is 0.669. The van der Waals surface area contributed by atoms with Gasteiger partial charge in [0.15, 0.2) is 0 Å². The number of hydrogen-bond acceptors (Lipinski definition) is 2. The van der Waals surface area contributed by atoms with Crippen molar-refractivity contribution in [1.29, 1.82) is 0 Å². The second-order valence-electron chi connectivity index (χ2n) is 3.86. The summed E-state index contributed by atoms with van der Waals surface area (Å²) in [6.45, 7) is 4.15. The van der Waals surface area contributed by atoms with Gasteiger partial charge in [-0.15, -0.1) is 0 Å². The molecule has 1 aromatic rings. The van der Waals surface area contributed by atoms with Crippen LogP contribution in [0.2, 0.25) is 0 Å². The first kappa shape index (κ1) is 10.8. The molecule has 0 bridgehead atoms. The topological polar surface area (TPSA) is 15.6 Å². The Kier molecular flexibility index (Phi) is 3.69. The number of benzene rings is 1. The third-order valence-corrected chi connectivity index (χ3v) is 1.93. The van der Waals surface area contributed by atoms with Crippen LogP contribution in [0.3, 0.4) is 0 Å². The van der Waals surface area contributed by atoms with Crippen LogP contribution in [0.5, 0.6) is 0 Å². The fourth-order valence-electron chi connectivity index (χ4n) is 1.09. The van der Waals surface area contributed by atoms with Gasteiger partial charge in [-0.1, -0.05) is 12.1 Å². The van der Waals surface area contributed by atoms with Crippen molar-refractivity contribution in [3.8, 4) is 0 Å². The van der Waals surface area contributed by atoms with Crippen molar-refractivity contribution < 1.29 is 0 Å². The van der Waals surface area contributed by atoms with Crippen molar-refractivity contribution in [1.82, 2.24) is 0 Å². The number of rotatable bonds is 3. The largest absolute Gasteiger partial charge is 0.378 e. The van der Waals surface area contributed by atoms with Gasteiger partial charge in [-0.25, -0.2) is 0 Å². The SMILES string of the molecule is CC(C)N=Cc1ccc(N(C)C)cc1. The fourth-order valence-corrected chi connectivity index (χ4v) is 1.09. The summed E-state index contributed by atoms with van der Waals surface area (Å²) in [7, 11) is 4.08. The number of aliphatic imine (C=N–C) groups is 1. The molecule has 76 valence electrons. The van der Waals surface area contributed by atoms with Crippen molar-refractivity contribution in [2.75, 3.05) is 19.0 Å². The van der Waals surface area contributed by atoms with Crippen LogP contribution in [0, 0.1) is 0 Å². The third kappa shape index (κ3) is 3.21. The van der Waals surface area contributed by atoms with E-state index in [1.165, 1.54) is 5.69 Å².